The van der Waals surface area contributed by atoms with Crippen LogP contribution in [0.25, 0.3) is 0 Å². The highest BCUT2D eigenvalue weighted by atomic mass is 35.5. The van der Waals surface area contributed by atoms with Crippen LogP contribution in [0.3, 0.4) is 0 Å². The highest BCUT2D eigenvalue weighted by molar-refractivity contribution is 6.30. The molecule has 33 heavy (non-hydrogen) atoms. The van der Waals surface area contributed by atoms with E-state index in [2.05, 4.69) is 10.6 Å². The van der Waals surface area contributed by atoms with Crippen LogP contribution in [-0.4, -0.2) is 47.7 Å². The Balaban J connectivity index is 1.27. The number of anilines is 3. The molecule has 2 aromatic rings. The molecule has 5 rings (SSSR count). The van der Waals surface area contributed by atoms with E-state index in [1.807, 2.05) is 12.1 Å². The largest absolute Gasteiger partial charge is 0.352 e. The smallest absolute Gasteiger partial charge is 0.324 e. The summed E-state index contributed by atoms with van der Waals surface area (Å²) in [6.07, 6.45) is 3.94. The Morgan fingerprint density at radius 1 is 0.970 bits per heavy atom. The topological polar surface area (TPSA) is 91.0 Å². The fourth-order valence-corrected chi connectivity index (χ4v) is 4.60. The van der Waals surface area contributed by atoms with Crippen molar-refractivity contribution < 1.29 is 19.1 Å². The number of benzene rings is 2. The van der Waals surface area contributed by atoms with Crippen molar-refractivity contribution in [2.24, 2.45) is 0 Å². The number of ether oxygens (including phenoxy) is 1. The van der Waals surface area contributed by atoms with Crippen LogP contribution in [0.5, 0.6) is 0 Å². The first kappa shape index (κ1) is 21.7. The number of carbonyl (C=O) groups is 3. The molecule has 0 radical (unpaired) electrons. The molecule has 0 aromatic heterocycles. The molecule has 1 saturated carbocycles. The molecule has 2 aliphatic heterocycles. The minimum absolute atomic E-state index is 0.0491. The Bertz CT molecular complexity index is 1070. The van der Waals surface area contributed by atoms with Crippen molar-refractivity contribution in [2.45, 2.75) is 43.7 Å². The van der Waals surface area contributed by atoms with E-state index in [0.717, 1.165) is 31.4 Å². The quantitative estimate of drug-likeness (QED) is 0.703. The Morgan fingerprint density at radius 2 is 1.64 bits per heavy atom. The number of carbonyl (C=O) groups excluding carboxylic acids is 3. The van der Waals surface area contributed by atoms with Gasteiger partial charge < -0.3 is 20.3 Å². The molecule has 2 N–H and O–H groups in total. The summed E-state index contributed by atoms with van der Waals surface area (Å²) in [5, 5.41) is 6.29. The molecule has 2 saturated heterocycles. The molecule has 4 amide bonds. The van der Waals surface area contributed by atoms with Gasteiger partial charge >= 0.3 is 6.03 Å². The summed E-state index contributed by atoms with van der Waals surface area (Å²) < 4.78 is 5.86. The predicted molar refractivity (Wildman–Crippen MR) is 125 cm³/mol. The highest BCUT2D eigenvalue weighted by Crippen LogP contribution is 2.49. The van der Waals surface area contributed by atoms with E-state index in [1.165, 1.54) is 4.90 Å². The van der Waals surface area contributed by atoms with Gasteiger partial charge in [-0.05, 0) is 74.2 Å². The summed E-state index contributed by atoms with van der Waals surface area (Å²) in [4.78, 5) is 41.5. The lowest BCUT2D eigenvalue weighted by atomic mass is 10.1. The number of piperidine rings is 1. The van der Waals surface area contributed by atoms with E-state index >= 15 is 0 Å². The number of hydrogen-bond donors (Lipinski definition) is 2. The molecule has 1 atom stereocenters. The monoisotopic (exact) mass is 468 g/mol. The zero-order chi connectivity index (χ0) is 23.0. The minimum atomic E-state index is -0.729. The first-order chi connectivity index (χ1) is 15.9. The van der Waals surface area contributed by atoms with Crippen LogP contribution < -0.4 is 15.5 Å². The van der Waals surface area contributed by atoms with Gasteiger partial charge in [0.1, 0.15) is 18.4 Å². The van der Waals surface area contributed by atoms with Gasteiger partial charge in [-0.3, -0.25) is 14.5 Å². The molecule has 2 heterocycles. The van der Waals surface area contributed by atoms with Crippen molar-refractivity contribution in [2.75, 3.05) is 28.8 Å². The van der Waals surface area contributed by atoms with Crippen LogP contribution in [0, 0.1) is 0 Å². The normalized spacial score (nSPS) is 21.2. The zero-order valence-electron chi connectivity index (χ0n) is 18.1. The molecule has 3 fully saturated rings. The van der Waals surface area contributed by atoms with E-state index in [9.17, 15) is 14.4 Å². The maximum Gasteiger partial charge on any atom is 0.324 e. The minimum Gasteiger partial charge on any atom is -0.352 e. The third-order valence-corrected chi connectivity index (χ3v) is 6.67. The van der Waals surface area contributed by atoms with Crippen molar-refractivity contribution in [3.05, 3.63) is 53.6 Å². The molecular weight excluding hydrogens is 444 g/mol. The summed E-state index contributed by atoms with van der Waals surface area (Å²) in [7, 11) is 0. The summed E-state index contributed by atoms with van der Waals surface area (Å²) in [6, 6.07) is 12.9. The molecule has 9 heteroatoms. The number of amides is 4. The van der Waals surface area contributed by atoms with Gasteiger partial charge in [0, 0.05) is 35.1 Å². The van der Waals surface area contributed by atoms with Gasteiger partial charge in [-0.15, -0.1) is 0 Å². The van der Waals surface area contributed by atoms with Crippen LogP contribution in [0.15, 0.2) is 48.5 Å². The summed E-state index contributed by atoms with van der Waals surface area (Å²) in [6.45, 7) is 0.762. The summed E-state index contributed by atoms with van der Waals surface area (Å²) in [5.74, 6) is -0.169. The van der Waals surface area contributed by atoms with Crippen LogP contribution >= 0.6 is 11.6 Å². The standard InChI is InChI=1S/C24H25ClN4O4/c25-16-4-6-18(7-5-16)27-23(32)29-15-33-24(12-13-24)21(29)22(31)26-17-8-10-19(11-9-17)28-14-2-1-3-20(28)30/h4-11,21H,1-3,12-15H2,(H,26,31)(H,27,32)/t21-/m0/s1. The number of nitrogens with zero attached hydrogens (tertiary/aromatic N) is 2. The van der Waals surface area contributed by atoms with Crippen molar-refractivity contribution >= 4 is 46.5 Å². The van der Waals surface area contributed by atoms with E-state index in [1.54, 1.807) is 41.3 Å². The molecule has 2 aromatic carbocycles. The van der Waals surface area contributed by atoms with Crippen molar-refractivity contribution in [1.29, 1.82) is 0 Å². The second-order valence-electron chi connectivity index (χ2n) is 8.69. The number of rotatable bonds is 4. The van der Waals surface area contributed by atoms with E-state index < -0.39 is 17.7 Å². The van der Waals surface area contributed by atoms with E-state index in [4.69, 9.17) is 16.3 Å². The van der Waals surface area contributed by atoms with Gasteiger partial charge in [0.25, 0.3) is 0 Å². The number of hydrogen-bond acceptors (Lipinski definition) is 4. The van der Waals surface area contributed by atoms with Gasteiger partial charge in [0.15, 0.2) is 0 Å². The lowest BCUT2D eigenvalue weighted by Gasteiger charge is -2.27. The Hall–Kier alpha value is -3.10. The predicted octanol–water partition coefficient (Wildman–Crippen LogP) is 4.22. The fourth-order valence-electron chi connectivity index (χ4n) is 4.48. The molecule has 8 nitrogen and oxygen atoms in total. The van der Waals surface area contributed by atoms with E-state index in [-0.39, 0.29) is 18.5 Å². The second-order valence-corrected chi connectivity index (χ2v) is 9.12. The van der Waals surface area contributed by atoms with Crippen molar-refractivity contribution in [3.8, 4) is 0 Å². The lowest BCUT2D eigenvalue weighted by molar-refractivity contribution is -0.121. The molecule has 1 aliphatic carbocycles. The van der Waals surface area contributed by atoms with Gasteiger partial charge in [0.2, 0.25) is 11.8 Å². The molecule has 0 bridgehead atoms. The maximum atomic E-state index is 13.2. The lowest BCUT2D eigenvalue weighted by Crippen LogP contribution is -2.50. The maximum absolute atomic E-state index is 13.2. The van der Waals surface area contributed by atoms with Crippen molar-refractivity contribution in [1.82, 2.24) is 4.90 Å². The number of urea groups is 1. The zero-order valence-corrected chi connectivity index (χ0v) is 18.8. The average Bonchev–Trinajstić information content (AvgIpc) is 3.48. The number of halogens is 1. The number of nitrogens with one attached hydrogen (secondary N) is 2. The molecule has 1 spiro atoms. The molecule has 172 valence electrons. The molecular formula is C24H25ClN4O4. The third kappa shape index (κ3) is 4.41. The van der Waals surface area contributed by atoms with Crippen LogP contribution in [0.4, 0.5) is 21.9 Å². The summed E-state index contributed by atoms with van der Waals surface area (Å²) in [5.41, 5.74) is 1.39. The fraction of sp³-hybridized carbons (Fsp3) is 0.375. The van der Waals surface area contributed by atoms with Crippen LogP contribution in [0.2, 0.25) is 5.02 Å². The average molecular weight is 469 g/mol. The second kappa shape index (κ2) is 8.68. The third-order valence-electron chi connectivity index (χ3n) is 6.42. The first-order valence-corrected chi connectivity index (χ1v) is 11.5. The molecule has 0 unspecified atom stereocenters. The SMILES string of the molecule is O=C(Nc1ccc(N2CCCCC2=O)cc1)[C@@H]1N(C(=O)Nc2ccc(Cl)cc2)COC12CC2. The Kier molecular flexibility index (Phi) is 5.72. The summed E-state index contributed by atoms with van der Waals surface area (Å²) >= 11 is 5.91. The van der Waals surface area contributed by atoms with Crippen LogP contribution in [-0.2, 0) is 14.3 Å². The van der Waals surface area contributed by atoms with E-state index in [0.29, 0.717) is 29.4 Å². The van der Waals surface area contributed by atoms with Crippen molar-refractivity contribution in [3.63, 3.8) is 0 Å². The van der Waals surface area contributed by atoms with Crippen LogP contribution in [0.1, 0.15) is 32.1 Å². The van der Waals surface area contributed by atoms with Gasteiger partial charge in [-0.2, -0.15) is 0 Å². The first-order valence-electron chi connectivity index (χ1n) is 11.1. The molecule has 3 aliphatic rings. The van der Waals surface area contributed by atoms with Gasteiger partial charge in [0.05, 0.1) is 0 Å². The Morgan fingerprint density at radius 3 is 2.30 bits per heavy atom. The van der Waals surface area contributed by atoms with Gasteiger partial charge in [-0.25, -0.2) is 4.79 Å². The van der Waals surface area contributed by atoms with Gasteiger partial charge in [-0.1, -0.05) is 11.6 Å². The highest BCUT2D eigenvalue weighted by Gasteiger charge is 2.61. The Labute approximate surface area is 196 Å².